The predicted molar refractivity (Wildman–Crippen MR) is 348 cm³/mol. The van der Waals surface area contributed by atoms with Gasteiger partial charge in [0.1, 0.15) is 13.2 Å². The van der Waals surface area contributed by atoms with Crippen LogP contribution in [0.5, 0.6) is 0 Å². The van der Waals surface area contributed by atoms with Crippen molar-refractivity contribution in [3.05, 3.63) is 146 Å². The average Bonchev–Trinajstić information content (AvgIpc) is 3.46. The minimum atomic E-state index is -0.809. The Balaban J connectivity index is 4.43. The Bertz CT molecular complexity index is 1750. The van der Waals surface area contributed by atoms with Gasteiger partial charge in [-0.15, -0.1) is 0 Å². The summed E-state index contributed by atoms with van der Waals surface area (Å²) in [5.74, 6) is -0.958. The van der Waals surface area contributed by atoms with Gasteiger partial charge in [-0.05, 0) is 148 Å². The normalized spacial score (nSPS) is 13.1. The highest BCUT2D eigenvalue weighted by atomic mass is 16.6. The SMILES string of the molecule is CC/C=C\C/C=C\C/C=C\C/C=C\C/C=C\C/C=C\C/C=C\C/C=C\C/C=C\CCCCCC(=O)OCC(COC(=O)CCCCCCC/C=C\C/C=C\CCCCC)OC(=O)CCCCCCC/C=C\CCCCCCCCC. The number of esters is 3. The lowest BCUT2D eigenvalue weighted by atomic mass is 10.1. The van der Waals surface area contributed by atoms with E-state index in [1.54, 1.807) is 0 Å². The molecular weight excluding hydrogens is 985 g/mol. The number of carbonyl (C=O) groups excluding carboxylic acids is 3. The molecule has 0 aliphatic rings. The molecule has 0 aliphatic heterocycles. The molecule has 1 unspecified atom stereocenters. The standard InChI is InChI=1S/C74H120O6/c1-4-7-10-13-16-19-22-25-28-30-31-32-33-34-35-36-37-38-39-40-41-42-43-44-47-49-52-55-58-61-64-67-73(76)79-70-71(69-78-72(75)66-63-60-57-54-51-48-45-27-24-21-18-15-12-9-6-3)80-74(77)68-65-62-59-56-53-50-46-29-26-23-20-17-14-11-8-5-2/h7,10,16,18-19,21,25,27-29,31-32,34-35,37-38,40-41,43-46,49,52,71H,4-6,8-9,11-15,17,20,22-24,26,30,33,36,39,42,47-48,50-51,53-70H2,1-3H3/b10-7-,19-16-,21-18-,28-25-,32-31-,35-34-,38-37-,41-40-,44-43-,45-27-,46-29-,52-49-. The second-order valence-electron chi connectivity index (χ2n) is 21.3. The van der Waals surface area contributed by atoms with Gasteiger partial charge < -0.3 is 14.2 Å². The Hall–Kier alpha value is -4.71. The van der Waals surface area contributed by atoms with Crippen LogP contribution in [0.25, 0.3) is 0 Å². The van der Waals surface area contributed by atoms with E-state index in [1.807, 2.05) is 0 Å². The van der Waals surface area contributed by atoms with Crippen molar-refractivity contribution in [2.24, 2.45) is 0 Å². The van der Waals surface area contributed by atoms with E-state index in [1.165, 1.54) is 83.5 Å². The summed E-state index contributed by atoms with van der Waals surface area (Å²) in [6, 6.07) is 0. The van der Waals surface area contributed by atoms with E-state index in [9.17, 15) is 14.4 Å². The lowest BCUT2D eigenvalue weighted by molar-refractivity contribution is -0.167. The van der Waals surface area contributed by atoms with Gasteiger partial charge in [0.25, 0.3) is 0 Å². The van der Waals surface area contributed by atoms with Gasteiger partial charge in [-0.1, -0.05) is 263 Å². The van der Waals surface area contributed by atoms with Crippen LogP contribution in [-0.4, -0.2) is 37.2 Å². The van der Waals surface area contributed by atoms with Crippen molar-refractivity contribution in [3.8, 4) is 0 Å². The summed E-state index contributed by atoms with van der Waals surface area (Å²) >= 11 is 0. The second kappa shape index (κ2) is 66.8. The highest BCUT2D eigenvalue weighted by molar-refractivity contribution is 5.71. The van der Waals surface area contributed by atoms with Crippen LogP contribution >= 0.6 is 0 Å². The van der Waals surface area contributed by atoms with Crippen LogP contribution in [0.2, 0.25) is 0 Å². The number of allylic oxidation sites excluding steroid dienone is 24. The molecule has 0 aromatic heterocycles. The Morgan fingerprint density at radius 2 is 0.487 bits per heavy atom. The van der Waals surface area contributed by atoms with Crippen LogP contribution < -0.4 is 0 Å². The molecule has 0 saturated heterocycles. The van der Waals surface area contributed by atoms with Crippen LogP contribution in [0, 0.1) is 0 Å². The van der Waals surface area contributed by atoms with E-state index in [0.29, 0.717) is 19.3 Å². The van der Waals surface area contributed by atoms with Gasteiger partial charge in [-0.3, -0.25) is 14.4 Å². The molecule has 0 heterocycles. The fraction of sp³-hybridized carbons (Fsp3) is 0.635. The van der Waals surface area contributed by atoms with Gasteiger partial charge in [0, 0.05) is 19.3 Å². The first kappa shape index (κ1) is 75.3. The quantitative estimate of drug-likeness (QED) is 0.0261. The highest BCUT2D eigenvalue weighted by Gasteiger charge is 2.19. The molecule has 0 aromatic carbocycles. The molecule has 0 bridgehead atoms. The topological polar surface area (TPSA) is 78.9 Å². The molecule has 0 N–H and O–H groups in total. The summed E-state index contributed by atoms with van der Waals surface area (Å²) in [6.07, 6.45) is 95.7. The second-order valence-corrected chi connectivity index (χ2v) is 21.3. The van der Waals surface area contributed by atoms with Crippen LogP contribution in [-0.2, 0) is 28.6 Å². The summed E-state index contributed by atoms with van der Waals surface area (Å²) in [5.41, 5.74) is 0. The number of ether oxygens (including phenoxy) is 3. The number of hydrogen-bond acceptors (Lipinski definition) is 6. The molecule has 6 heteroatoms. The van der Waals surface area contributed by atoms with Crippen molar-refractivity contribution in [2.45, 2.75) is 290 Å². The molecular formula is C74H120O6. The summed E-state index contributed by atoms with van der Waals surface area (Å²) in [6.45, 7) is 6.45. The van der Waals surface area contributed by atoms with Gasteiger partial charge in [-0.2, -0.15) is 0 Å². The molecule has 1 atom stereocenters. The lowest BCUT2D eigenvalue weighted by Crippen LogP contribution is -2.30. The third-order valence-corrected chi connectivity index (χ3v) is 13.5. The Morgan fingerprint density at radius 1 is 0.263 bits per heavy atom. The van der Waals surface area contributed by atoms with Gasteiger partial charge in [0.05, 0.1) is 0 Å². The molecule has 0 radical (unpaired) electrons. The summed E-state index contributed by atoms with van der Waals surface area (Å²) in [4.78, 5) is 38.3. The van der Waals surface area contributed by atoms with Crippen molar-refractivity contribution in [3.63, 3.8) is 0 Å². The number of carbonyl (C=O) groups is 3. The smallest absolute Gasteiger partial charge is 0.306 e. The number of rotatable bonds is 58. The Morgan fingerprint density at radius 3 is 0.812 bits per heavy atom. The fourth-order valence-electron chi connectivity index (χ4n) is 8.64. The molecule has 452 valence electrons. The van der Waals surface area contributed by atoms with Crippen molar-refractivity contribution in [2.75, 3.05) is 13.2 Å². The van der Waals surface area contributed by atoms with Crippen LogP contribution in [0.1, 0.15) is 284 Å². The summed E-state index contributed by atoms with van der Waals surface area (Å²) in [7, 11) is 0. The van der Waals surface area contributed by atoms with Crippen molar-refractivity contribution < 1.29 is 28.6 Å². The maximum atomic E-state index is 12.9. The molecule has 0 rings (SSSR count). The zero-order valence-electron chi connectivity index (χ0n) is 51.8. The molecule has 0 spiro atoms. The van der Waals surface area contributed by atoms with Crippen molar-refractivity contribution in [1.29, 1.82) is 0 Å². The largest absolute Gasteiger partial charge is 0.462 e. The van der Waals surface area contributed by atoms with Gasteiger partial charge in [-0.25, -0.2) is 0 Å². The van der Waals surface area contributed by atoms with Crippen LogP contribution in [0.3, 0.4) is 0 Å². The summed E-state index contributed by atoms with van der Waals surface area (Å²) in [5, 5.41) is 0. The third kappa shape index (κ3) is 64.1. The van der Waals surface area contributed by atoms with E-state index in [0.717, 1.165) is 161 Å². The first-order valence-electron chi connectivity index (χ1n) is 32.8. The maximum Gasteiger partial charge on any atom is 0.306 e. The van der Waals surface area contributed by atoms with Crippen molar-refractivity contribution in [1.82, 2.24) is 0 Å². The lowest BCUT2D eigenvalue weighted by Gasteiger charge is -2.18. The molecule has 80 heavy (non-hydrogen) atoms. The third-order valence-electron chi connectivity index (χ3n) is 13.5. The minimum Gasteiger partial charge on any atom is -0.462 e. The number of hydrogen-bond donors (Lipinski definition) is 0. The fourth-order valence-corrected chi connectivity index (χ4v) is 8.64. The van der Waals surface area contributed by atoms with Gasteiger partial charge >= 0.3 is 17.9 Å². The zero-order chi connectivity index (χ0) is 57.8. The van der Waals surface area contributed by atoms with E-state index in [2.05, 4.69) is 167 Å². The monoisotopic (exact) mass is 1100 g/mol. The van der Waals surface area contributed by atoms with Crippen LogP contribution in [0.4, 0.5) is 0 Å². The molecule has 0 aliphatic carbocycles. The van der Waals surface area contributed by atoms with E-state index >= 15 is 0 Å². The molecule has 0 saturated carbocycles. The first-order chi connectivity index (χ1) is 39.5. The van der Waals surface area contributed by atoms with E-state index in [4.69, 9.17) is 14.2 Å². The van der Waals surface area contributed by atoms with E-state index < -0.39 is 6.10 Å². The molecule has 0 fully saturated rings. The Labute approximate surface area is 493 Å². The van der Waals surface area contributed by atoms with Crippen molar-refractivity contribution >= 4 is 17.9 Å². The maximum absolute atomic E-state index is 12.9. The minimum absolute atomic E-state index is 0.103. The molecule has 0 amide bonds. The predicted octanol–water partition coefficient (Wildman–Crippen LogP) is 22.7. The molecule has 6 nitrogen and oxygen atoms in total. The van der Waals surface area contributed by atoms with Gasteiger partial charge in [0.2, 0.25) is 0 Å². The Kier molecular flexibility index (Phi) is 62.9. The summed E-state index contributed by atoms with van der Waals surface area (Å²) < 4.78 is 16.9. The highest BCUT2D eigenvalue weighted by Crippen LogP contribution is 2.14. The van der Waals surface area contributed by atoms with Crippen LogP contribution in [0.15, 0.2) is 146 Å². The number of unbranched alkanes of at least 4 members (excludes halogenated alkanes) is 23. The first-order valence-corrected chi connectivity index (χ1v) is 32.8. The van der Waals surface area contributed by atoms with Gasteiger partial charge in [0.15, 0.2) is 6.10 Å². The average molecular weight is 1110 g/mol. The molecule has 0 aromatic rings. The zero-order valence-corrected chi connectivity index (χ0v) is 51.8. The van der Waals surface area contributed by atoms with E-state index in [-0.39, 0.29) is 31.1 Å².